The van der Waals surface area contributed by atoms with E-state index in [0.717, 1.165) is 0 Å². The zero-order chi connectivity index (χ0) is 22.1. The molecule has 0 aromatic heterocycles. The summed E-state index contributed by atoms with van der Waals surface area (Å²) in [5.74, 6) is -3.02. The summed E-state index contributed by atoms with van der Waals surface area (Å²) < 4.78 is 92.4. The zero-order valence-corrected chi connectivity index (χ0v) is 17.5. The van der Waals surface area contributed by atoms with Gasteiger partial charge in [0.25, 0.3) is 0 Å². The number of hydrogen-bond acceptors (Lipinski definition) is 8. The van der Waals surface area contributed by atoms with Gasteiger partial charge in [-0.2, -0.15) is 21.6 Å². The Hall–Kier alpha value is -1.46. The van der Waals surface area contributed by atoms with Crippen LogP contribution in [0.25, 0.3) is 0 Å². The Morgan fingerprint density at radius 3 is 2.14 bits per heavy atom. The molecule has 0 bridgehead atoms. The SMILES string of the molecule is CCOP(=O)(OCC)C(CCC(=O)OCc1ccccc1)OS(=O)(=O)C(F)(F)F. The van der Waals surface area contributed by atoms with Crippen molar-refractivity contribution in [2.45, 2.75) is 44.6 Å². The molecule has 0 heterocycles. The third kappa shape index (κ3) is 8.06. The minimum Gasteiger partial charge on any atom is -0.461 e. The van der Waals surface area contributed by atoms with Crippen molar-refractivity contribution in [1.29, 1.82) is 0 Å². The van der Waals surface area contributed by atoms with Crippen LogP contribution in [0.1, 0.15) is 32.3 Å². The highest BCUT2D eigenvalue weighted by atomic mass is 32.2. The lowest BCUT2D eigenvalue weighted by molar-refractivity contribution is -0.145. The molecule has 0 aliphatic rings. The molecular weight excluding hydrogens is 440 g/mol. The molecule has 0 radical (unpaired) electrons. The van der Waals surface area contributed by atoms with Gasteiger partial charge in [-0.05, 0) is 25.8 Å². The normalized spacial score (nSPS) is 13.8. The lowest BCUT2D eigenvalue weighted by Crippen LogP contribution is -2.31. The fourth-order valence-corrected chi connectivity index (χ4v) is 4.91. The minimum atomic E-state index is -6.10. The summed E-state index contributed by atoms with van der Waals surface area (Å²) in [5.41, 5.74) is -5.08. The molecular formula is C16H22F3O8PS. The van der Waals surface area contributed by atoms with Gasteiger partial charge in [0.05, 0.1) is 13.2 Å². The lowest BCUT2D eigenvalue weighted by atomic mass is 10.2. The number of alkyl halides is 3. The standard InChI is InChI=1S/C16H22F3O8PS/c1-3-25-28(21,26-4-2)15(27-29(22,23)16(17,18)19)11-10-14(20)24-12-13-8-6-5-7-9-13/h5-9,15H,3-4,10-12H2,1-2H3. The molecule has 0 aliphatic carbocycles. The van der Waals surface area contributed by atoms with Gasteiger partial charge in [0.2, 0.25) is 0 Å². The highest BCUT2D eigenvalue weighted by molar-refractivity contribution is 7.87. The van der Waals surface area contributed by atoms with Crippen LogP contribution in [0.15, 0.2) is 30.3 Å². The van der Waals surface area contributed by atoms with Crippen LogP contribution < -0.4 is 0 Å². The van der Waals surface area contributed by atoms with Crippen molar-refractivity contribution in [3.8, 4) is 0 Å². The third-order valence-corrected chi connectivity index (χ3v) is 6.83. The van der Waals surface area contributed by atoms with Crippen LogP contribution in [-0.2, 0) is 44.1 Å². The van der Waals surface area contributed by atoms with Crippen LogP contribution in [0, 0.1) is 0 Å². The molecule has 1 aromatic rings. The van der Waals surface area contributed by atoms with Crippen molar-refractivity contribution in [1.82, 2.24) is 0 Å². The van der Waals surface area contributed by atoms with E-state index in [2.05, 4.69) is 4.18 Å². The van der Waals surface area contributed by atoms with Gasteiger partial charge in [0.15, 0.2) is 5.85 Å². The molecule has 29 heavy (non-hydrogen) atoms. The molecule has 0 amide bonds. The van der Waals surface area contributed by atoms with Crippen molar-refractivity contribution >= 4 is 23.7 Å². The summed E-state index contributed by atoms with van der Waals surface area (Å²) in [6.07, 6.45) is -1.27. The van der Waals surface area contributed by atoms with Gasteiger partial charge in [0.1, 0.15) is 6.61 Å². The van der Waals surface area contributed by atoms with Crippen molar-refractivity contribution in [2.24, 2.45) is 0 Å². The van der Waals surface area contributed by atoms with Gasteiger partial charge in [-0.25, -0.2) is 4.18 Å². The number of halogens is 3. The zero-order valence-electron chi connectivity index (χ0n) is 15.8. The van der Waals surface area contributed by atoms with Gasteiger partial charge in [-0.1, -0.05) is 30.3 Å². The molecule has 0 aliphatic heterocycles. The van der Waals surface area contributed by atoms with E-state index in [1.807, 2.05) is 0 Å². The largest absolute Gasteiger partial charge is 0.523 e. The monoisotopic (exact) mass is 462 g/mol. The minimum absolute atomic E-state index is 0.0966. The van der Waals surface area contributed by atoms with Gasteiger partial charge in [-0.3, -0.25) is 9.36 Å². The molecule has 166 valence electrons. The summed E-state index contributed by atoms with van der Waals surface area (Å²) in [5, 5.41) is 0. The Kier molecular flexibility index (Phi) is 9.77. The average molecular weight is 462 g/mol. The summed E-state index contributed by atoms with van der Waals surface area (Å²) in [6, 6.07) is 8.57. The fourth-order valence-electron chi connectivity index (χ4n) is 2.07. The molecule has 8 nitrogen and oxygen atoms in total. The highest BCUT2D eigenvalue weighted by Crippen LogP contribution is 2.56. The summed E-state index contributed by atoms with van der Waals surface area (Å²) in [6.45, 7) is 2.17. The Morgan fingerprint density at radius 1 is 1.10 bits per heavy atom. The predicted molar refractivity (Wildman–Crippen MR) is 96.2 cm³/mol. The van der Waals surface area contributed by atoms with Crippen molar-refractivity contribution in [3.05, 3.63) is 35.9 Å². The fraction of sp³-hybridized carbons (Fsp3) is 0.562. The quantitative estimate of drug-likeness (QED) is 0.199. The first-order valence-corrected chi connectivity index (χ1v) is 11.5. The second kappa shape index (κ2) is 11.1. The molecule has 0 N–H and O–H groups in total. The third-order valence-electron chi connectivity index (χ3n) is 3.33. The first-order valence-electron chi connectivity index (χ1n) is 8.53. The Bertz CT molecular complexity index is 788. The van der Waals surface area contributed by atoms with E-state index < -0.39 is 47.9 Å². The maximum absolute atomic E-state index is 12.8. The maximum Gasteiger partial charge on any atom is 0.523 e. The molecule has 1 aromatic carbocycles. The first kappa shape index (κ1) is 25.6. The molecule has 1 atom stereocenters. The summed E-state index contributed by atoms with van der Waals surface area (Å²) in [7, 11) is -10.5. The summed E-state index contributed by atoms with van der Waals surface area (Å²) in [4.78, 5) is 11.9. The van der Waals surface area contributed by atoms with E-state index in [9.17, 15) is 30.9 Å². The molecule has 1 unspecified atom stereocenters. The average Bonchev–Trinajstić information content (AvgIpc) is 2.63. The van der Waals surface area contributed by atoms with Gasteiger partial charge in [0, 0.05) is 6.42 Å². The van der Waals surface area contributed by atoms with Crippen LogP contribution in [-0.4, -0.2) is 39.0 Å². The molecule has 1 rings (SSSR count). The number of esters is 1. The van der Waals surface area contributed by atoms with Gasteiger partial charge in [-0.15, -0.1) is 0 Å². The van der Waals surface area contributed by atoms with E-state index in [1.54, 1.807) is 30.3 Å². The van der Waals surface area contributed by atoms with Crippen LogP contribution in [0.5, 0.6) is 0 Å². The van der Waals surface area contributed by atoms with Gasteiger partial charge < -0.3 is 13.8 Å². The number of benzene rings is 1. The number of hydrogen-bond donors (Lipinski definition) is 0. The maximum atomic E-state index is 12.8. The topological polar surface area (TPSA) is 105 Å². The number of ether oxygens (including phenoxy) is 1. The molecule has 0 spiro atoms. The van der Waals surface area contributed by atoms with Crippen LogP contribution in [0.4, 0.5) is 13.2 Å². The molecule has 13 heteroatoms. The van der Waals surface area contributed by atoms with Crippen LogP contribution >= 0.6 is 7.60 Å². The summed E-state index contributed by atoms with van der Waals surface area (Å²) >= 11 is 0. The van der Waals surface area contributed by atoms with E-state index >= 15 is 0 Å². The number of carbonyl (C=O) groups is 1. The number of rotatable bonds is 12. The second-order valence-electron chi connectivity index (χ2n) is 5.51. The predicted octanol–water partition coefficient (Wildman–Crippen LogP) is 3.97. The van der Waals surface area contributed by atoms with Crippen molar-refractivity contribution in [2.75, 3.05) is 13.2 Å². The smallest absolute Gasteiger partial charge is 0.461 e. The molecule has 0 fully saturated rings. The van der Waals surface area contributed by atoms with Gasteiger partial charge >= 0.3 is 29.2 Å². The van der Waals surface area contributed by atoms with E-state index in [1.165, 1.54) is 13.8 Å². The Morgan fingerprint density at radius 2 is 1.66 bits per heavy atom. The first-order chi connectivity index (χ1) is 13.4. The van der Waals surface area contributed by atoms with Crippen molar-refractivity contribution < 1.29 is 48.9 Å². The van der Waals surface area contributed by atoms with Crippen molar-refractivity contribution in [3.63, 3.8) is 0 Å². The van der Waals surface area contributed by atoms with E-state index in [-0.39, 0.29) is 19.8 Å². The van der Waals surface area contributed by atoms with Crippen LogP contribution in [0.2, 0.25) is 0 Å². The Balaban J connectivity index is 2.90. The molecule has 0 saturated carbocycles. The molecule has 0 saturated heterocycles. The number of carbonyl (C=O) groups excluding carboxylic acids is 1. The Labute approximate surface area is 166 Å². The van der Waals surface area contributed by atoms with E-state index in [0.29, 0.717) is 5.56 Å². The lowest BCUT2D eigenvalue weighted by Gasteiger charge is -2.25. The second-order valence-corrected chi connectivity index (χ2v) is 9.25. The highest BCUT2D eigenvalue weighted by Gasteiger charge is 2.52. The van der Waals surface area contributed by atoms with Crippen LogP contribution in [0.3, 0.4) is 0 Å². The van der Waals surface area contributed by atoms with E-state index in [4.69, 9.17) is 13.8 Å².